The zero-order valence-corrected chi connectivity index (χ0v) is 15.6. The van der Waals surface area contributed by atoms with E-state index in [1.807, 2.05) is 42.5 Å². The van der Waals surface area contributed by atoms with Gasteiger partial charge in [0.05, 0.1) is 6.04 Å². The normalized spacial score (nSPS) is 17.1. The van der Waals surface area contributed by atoms with Gasteiger partial charge in [0.2, 0.25) is 11.7 Å². The second-order valence-electron chi connectivity index (χ2n) is 7.06. The van der Waals surface area contributed by atoms with E-state index in [1.165, 1.54) is 5.56 Å². The van der Waals surface area contributed by atoms with Crippen molar-refractivity contribution in [2.45, 2.75) is 19.5 Å². The molecule has 140 valence electrons. The Morgan fingerprint density at radius 2 is 1.81 bits per heavy atom. The summed E-state index contributed by atoms with van der Waals surface area (Å²) in [7, 11) is 0. The highest BCUT2D eigenvalue weighted by Gasteiger charge is 2.26. The van der Waals surface area contributed by atoms with Crippen LogP contribution in [0.5, 0.6) is 0 Å². The van der Waals surface area contributed by atoms with Gasteiger partial charge in [-0.15, -0.1) is 0 Å². The molecular weight excluding hydrogens is 338 g/mol. The topological polar surface area (TPSA) is 71.4 Å². The van der Waals surface area contributed by atoms with E-state index in [2.05, 4.69) is 39.0 Å². The van der Waals surface area contributed by atoms with Gasteiger partial charge < -0.3 is 10.3 Å². The van der Waals surface area contributed by atoms with Gasteiger partial charge in [-0.2, -0.15) is 4.98 Å². The highest BCUT2D eigenvalue weighted by Crippen LogP contribution is 2.23. The molecule has 1 saturated heterocycles. The van der Waals surface area contributed by atoms with E-state index in [0.717, 1.165) is 44.0 Å². The Labute approximate surface area is 159 Å². The molecule has 2 heterocycles. The van der Waals surface area contributed by atoms with Crippen molar-refractivity contribution in [1.82, 2.24) is 19.9 Å². The molecule has 1 fully saturated rings. The molecule has 0 spiro atoms. The summed E-state index contributed by atoms with van der Waals surface area (Å²) >= 11 is 0. The molecule has 1 aliphatic heterocycles. The molecule has 1 aliphatic rings. The summed E-state index contributed by atoms with van der Waals surface area (Å²) in [6.07, 6.45) is 0. The lowest BCUT2D eigenvalue weighted by molar-refractivity contribution is 0.0845. The summed E-state index contributed by atoms with van der Waals surface area (Å²) in [4.78, 5) is 9.47. The van der Waals surface area contributed by atoms with Crippen LogP contribution in [-0.2, 0) is 6.54 Å². The van der Waals surface area contributed by atoms with E-state index in [-0.39, 0.29) is 6.04 Å². The van der Waals surface area contributed by atoms with Crippen LogP contribution in [0.3, 0.4) is 0 Å². The maximum atomic E-state index is 5.88. The molecule has 2 N–H and O–H groups in total. The smallest absolute Gasteiger partial charge is 0.244 e. The van der Waals surface area contributed by atoms with Crippen LogP contribution in [0.15, 0.2) is 59.1 Å². The molecule has 0 aliphatic carbocycles. The SMILES string of the molecule is CC(c1nc(-c2ccccc2)no1)N1CCN(Cc2cccc(N)c2)CC1. The van der Waals surface area contributed by atoms with Gasteiger partial charge in [-0.05, 0) is 24.6 Å². The van der Waals surface area contributed by atoms with Crippen LogP contribution in [0.2, 0.25) is 0 Å². The Bertz CT molecular complexity index is 871. The molecule has 2 aromatic carbocycles. The Hall–Kier alpha value is -2.70. The Morgan fingerprint density at radius 3 is 2.56 bits per heavy atom. The molecular formula is C21H25N5O. The average Bonchev–Trinajstić information content (AvgIpc) is 3.19. The first-order valence-electron chi connectivity index (χ1n) is 9.39. The van der Waals surface area contributed by atoms with E-state index >= 15 is 0 Å². The van der Waals surface area contributed by atoms with Crippen molar-refractivity contribution < 1.29 is 4.52 Å². The molecule has 0 saturated carbocycles. The van der Waals surface area contributed by atoms with Crippen LogP contribution in [0.25, 0.3) is 11.4 Å². The van der Waals surface area contributed by atoms with Gasteiger partial charge in [0.25, 0.3) is 0 Å². The van der Waals surface area contributed by atoms with E-state index in [9.17, 15) is 0 Å². The number of piperazine rings is 1. The van der Waals surface area contributed by atoms with E-state index in [1.54, 1.807) is 0 Å². The van der Waals surface area contributed by atoms with Gasteiger partial charge in [0, 0.05) is 44.0 Å². The zero-order valence-electron chi connectivity index (χ0n) is 15.6. The molecule has 4 rings (SSSR count). The highest BCUT2D eigenvalue weighted by molar-refractivity contribution is 5.53. The summed E-state index contributed by atoms with van der Waals surface area (Å²) < 4.78 is 5.54. The van der Waals surface area contributed by atoms with Crippen molar-refractivity contribution in [3.05, 3.63) is 66.1 Å². The lowest BCUT2D eigenvalue weighted by Gasteiger charge is -2.36. The molecule has 1 unspecified atom stereocenters. The molecule has 27 heavy (non-hydrogen) atoms. The molecule has 1 aromatic heterocycles. The van der Waals surface area contributed by atoms with Crippen LogP contribution >= 0.6 is 0 Å². The first-order chi connectivity index (χ1) is 13.2. The van der Waals surface area contributed by atoms with Crippen LogP contribution in [-0.4, -0.2) is 46.1 Å². The van der Waals surface area contributed by atoms with Crippen LogP contribution < -0.4 is 5.73 Å². The summed E-state index contributed by atoms with van der Waals surface area (Å²) in [6, 6.07) is 18.2. The fraction of sp³-hybridized carbons (Fsp3) is 0.333. The van der Waals surface area contributed by atoms with Crippen molar-refractivity contribution in [2.24, 2.45) is 0 Å². The third-order valence-corrected chi connectivity index (χ3v) is 5.14. The molecule has 0 amide bonds. The molecule has 6 nitrogen and oxygen atoms in total. The number of benzene rings is 2. The van der Waals surface area contributed by atoms with Crippen molar-refractivity contribution >= 4 is 5.69 Å². The van der Waals surface area contributed by atoms with E-state index in [0.29, 0.717) is 11.7 Å². The second kappa shape index (κ2) is 7.90. The third kappa shape index (κ3) is 4.18. The predicted octanol–water partition coefficient (Wildman–Crippen LogP) is 3.20. The predicted molar refractivity (Wildman–Crippen MR) is 106 cm³/mol. The number of nitrogen functional groups attached to an aromatic ring is 1. The fourth-order valence-electron chi connectivity index (χ4n) is 3.52. The minimum Gasteiger partial charge on any atom is -0.399 e. The van der Waals surface area contributed by atoms with E-state index < -0.39 is 0 Å². The van der Waals surface area contributed by atoms with Gasteiger partial charge in [-0.25, -0.2) is 0 Å². The number of nitrogens with two attached hydrogens (primary N) is 1. The number of nitrogens with zero attached hydrogens (tertiary/aromatic N) is 4. The maximum absolute atomic E-state index is 5.88. The molecule has 6 heteroatoms. The number of hydrogen-bond acceptors (Lipinski definition) is 6. The Balaban J connectivity index is 1.35. The number of hydrogen-bond donors (Lipinski definition) is 1. The van der Waals surface area contributed by atoms with Crippen molar-refractivity contribution in [3.63, 3.8) is 0 Å². The number of rotatable bonds is 5. The second-order valence-corrected chi connectivity index (χ2v) is 7.06. The molecule has 0 bridgehead atoms. The third-order valence-electron chi connectivity index (χ3n) is 5.14. The molecule has 3 aromatic rings. The fourth-order valence-corrected chi connectivity index (χ4v) is 3.52. The summed E-state index contributed by atoms with van der Waals surface area (Å²) in [5.41, 5.74) is 8.95. The Morgan fingerprint density at radius 1 is 1.04 bits per heavy atom. The lowest BCUT2D eigenvalue weighted by Crippen LogP contribution is -2.46. The monoisotopic (exact) mass is 363 g/mol. The van der Waals surface area contributed by atoms with Gasteiger partial charge in [-0.3, -0.25) is 9.80 Å². The quantitative estimate of drug-likeness (QED) is 0.702. The summed E-state index contributed by atoms with van der Waals surface area (Å²) in [5.74, 6) is 1.33. The first kappa shape index (κ1) is 17.7. The van der Waals surface area contributed by atoms with Crippen molar-refractivity contribution in [3.8, 4) is 11.4 Å². The first-order valence-corrected chi connectivity index (χ1v) is 9.39. The highest BCUT2D eigenvalue weighted by atomic mass is 16.5. The maximum Gasteiger partial charge on any atom is 0.244 e. The standard InChI is InChI=1S/C21H25N5O/c1-16(21-23-20(24-27-21)18-7-3-2-4-8-18)26-12-10-25(11-13-26)15-17-6-5-9-19(22)14-17/h2-9,14,16H,10-13,15,22H2,1H3. The largest absolute Gasteiger partial charge is 0.399 e. The van der Waals surface area contributed by atoms with Crippen molar-refractivity contribution in [2.75, 3.05) is 31.9 Å². The number of aromatic nitrogens is 2. The number of anilines is 1. The van der Waals surface area contributed by atoms with Gasteiger partial charge in [-0.1, -0.05) is 47.6 Å². The van der Waals surface area contributed by atoms with Crippen LogP contribution in [0, 0.1) is 0 Å². The molecule has 1 atom stereocenters. The molecule has 0 radical (unpaired) electrons. The minimum absolute atomic E-state index is 0.115. The van der Waals surface area contributed by atoms with Crippen LogP contribution in [0.1, 0.15) is 24.4 Å². The van der Waals surface area contributed by atoms with Gasteiger partial charge >= 0.3 is 0 Å². The van der Waals surface area contributed by atoms with E-state index in [4.69, 9.17) is 10.3 Å². The van der Waals surface area contributed by atoms with Gasteiger partial charge in [0.1, 0.15) is 0 Å². The lowest BCUT2D eigenvalue weighted by atomic mass is 10.1. The summed E-state index contributed by atoms with van der Waals surface area (Å²) in [6.45, 7) is 7.05. The van der Waals surface area contributed by atoms with Gasteiger partial charge in [0.15, 0.2) is 0 Å². The summed E-state index contributed by atoms with van der Waals surface area (Å²) in [5, 5.41) is 4.15. The van der Waals surface area contributed by atoms with Crippen LogP contribution in [0.4, 0.5) is 5.69 Å². The van der Waals surface area contributed by atoms with Crippen molar-refractivity contribution in [1.29, 1.82) is 0 Å². The zero-order chi connectivity index (χ0) is 18.6. The Kier molecular flexibility index (Phi) is 5.18. The minimum atomic E-state index is 0.115. The average molecular weight is 363 g/mol.